The zero-order valence-corrected chi connectivity index (χ0v) is 23.0. The topological polar surface area (TPSA) is 113 Å². The van der Waals surface area contributed by atoms with E-state index in [1.807, 2.05) is 4.90 Å². The van der Waals surface area contributed by atoms with Crippen LogP contribution < -0.4 is 15.0 Å². The smallest absolute Gasteiger partial charge is 0.246 e. The number of hydrogen-bond acceptors (Lipinski definition) is 8. The van der Waals surface area contributed by atoms with E-state index in [2.05, 4.69) is 40.1 Å². The molecule has 3 aliphatic heterocycles. The van der Waals surface area contributed by atoms with Gasteiger partial charge in [0, 0.05) is 42.7 Å². The number of likely N-dealkylation sites (tertiary alicyclic amines) is 2. The fourth-order valence-corrected chi connectivity index (χ4v) is 6.16. The zero-order chi connectivity index (χ0) is 28.0. The largest absolute Gasteiger partial charge is 0.475 e. The van der Waals surface area contributed by atoms with Gasteiger partial charge in [-0.05, 0) is 38.9 Å². The van der Waals surface area contributed by atoms with Crippen molar-refractivity contribution in [2.24, 2.45) is 0 Å². The Balaban J connectivity index is 1.35. The normalized spacial score (nSPS) is 19.3. The standard InChI is InChI=1S/C28H30ClFN8O2/c1-3-24(39)38-12-16(13-38)33-26-18-6-8-37(27-20-11-32-35-22(20)9-21(30)25(27)29)14-23(18)34-28(19(26)10-31)40-15-17-5-4-7-36(17)2/h3,9,11,16-17H,1,4-8,12-15H2,2H3,(H,32,35)(H,33,34). The molecule has 12 heteroatoms. The third kappa shape index (κ3) is 4.61. The van der Waals surface area contributed by atoms with E-state index in [4.69, 9.17) is 21.3 Å². The number of halogens is 2. The van der Waals surface area contributed by atoms with Crippen molar-refractivity contribution in [2.75, 3.05) is 50.1 Å². The number of pyridine rings is 1. The first-order valence-electron chi connectivity index (χ1n) is 13.4. The Bertz CT molecular complexity index is 1530. The van der Waals surface area contributed by atoms with Gasteiger partial charge in [0.25, 0.3) is 0 Å². The van der Waals surface area contributed by atoms with Gasteiger partial charge >= 0.3 is 0 Å². The van der Waals surface area contributed by atoms with Crippen LogP contribution in [0.3, 0.4) is 0 Å². The van der Waals surface area contributed by atoms with Crippen molar-refractivity contribution >= 4 is 39.8 Å². The first-order chi connectivity index (χ1) is 19.4. The number of hydrogen-bond donors (Lipinski definition) is 2. The highest BCUT2D eigenvalue weighted by Gasteiger charge is 2.34. The quantitative estimate of drug-likeness (QED) is 0.420. The predicted octanol–water partition coefficient (Wildman–Crippen LogP) is 3.47. The van der Waals surface area contributed by atoms with Crippen LogP contribution in [0.15, 0.2) is 24.9 Å². The molecule has 3 aromatic rings. The molecule has 2 aromatic heterocycles. The summed E-state index contributed by atoms with van der Waals surface area (Å²) in [6.07, 6.45) is 5.63. The molecule has 40 heavy (non-hydrogen) atoms. The minimum absolute atomic E-state index is 0.0161. The van der Waals surface area contributed by atoms with Crippen molar-refractivity contribution in [1.29, 1.82) is 5.26 Å². The van der Waals surface area contributed by atoms with E-state index >= 15 is 0 Å². The van der Waals surface area contributed by atoms with E-state index in [1.165, 1.54) is 12.1 Å². The van der Waals surface area contributed by atoms with Crippen LogP contribution in [-0.4, -0.2) is 82.8 Å². The number of nitriles is 1. The van der Waals surface area contributed by atoms with Crippen LogP contribution >= 0.6 is 11.6 Å². The Kier molecular flexibility index (Phi) is 6.98. The van der Waals surface area contributed by atoms with Crippen LogP contribution in [0.2, 0.25) is 5.02 Å². The van der Waals surface area contributed by atoms with E-state index < -0.39 is 5.82 Å². The molecule has 2 N–H and O–H groups in total. The van der Waals surface area contributed by atoms with Crippen LogP contribution in [0.25, 0.3) is 10.9 Å². The molecular weight excluding hydrogens is 535 g/mol. The second-order valence-electron chi connectivity index (χ2n) is 10.6. The molecule has 1 aromatic carbocycles. The average Bonchev–Trinajstić information content (AvgIpc) is 3.56. The molecule has 208 valence electrons. The maximum atomic E-state index is 14.7. The van der Waals surface area contributed by atoms with E-state index in [-0.39, 0.29) is 28.9 Å². The van der Waals surface area contributed by atoms with Gasteiger partial charge in [-0.25, -0.2) is 9.37 Å². The third-order valence-corrected chi connectivity index (χ3v) is 8.52. The predicted molar refractivity (Wildman–Crippen MR) is 150 cm³/mol. The Morgan fingerprint density at radius 1 is 1.43 bits per heavy atom. The maximum absolute atomic E-state index is 14.7. The number of carbonyl (C=O) groups is 1. The van der Waals surface area contributed by atoms with Crippen molar-refractivity contribution in [3.05, 3.63) is 52.6 Å². The lowest BCUT2D eigenvalue weighted by Crippen LogP contribution is -2.56. The SMILES string of the molecule is C=CC(=O)N1CC(Nc2c(C#N)c(OCC3CCCN3C)nc3c2CCN(c2c(Cl)c(F)cc4[nH]ncc24)C3)C1. The van der Waals surface area contributed by atoms with Gasteiger partial charge in [-0.3, -0.25) is 9.89 Å². The number of fused-ring (bicyclic) bond motifs is 2. The van der Waals surface area contributed by atoms with Crippen molar-refractivity contribution in [3.63, 3.8) is 0 Å². The molecule has 6 rings (SSSR count). The number of rotatable bonds is 7. The molecule has 1 atom stereocenters. The van der Waals surface area contributed by atoms with Gasteiger partial charge in [0.05, 0.1) is 41.4 Å². The molecule has 0 aliphatic carbocycles. The lowest BCUT2D eigenvalue weighted by atomic mass is 9.97. The molecule has 2 fully saturated rings. The van der Waals surface area contributed by atoms with Crippen LogP contribution in [0, 0.1) is 17.1 Å². The number of anilines is 2. The van der Waals surface area contributed by atoms with Gasteiger partial charge in [0.1, 0.15) is 29.1 Å². The van der Waals surface area contributed by atoms with E-state index in [0.717, 1.165) is 36.0 Å². The van der Waals surface area contributed by atoms with E-state index in [9.17, 15) is 14.4 Å². The minimum Gasteiger partial charge on any atom is -0.475 e. The molecule has 0 spiro atoms. The summed E-state index contributed by atoms with van der Waals surface area (Å²) in [5.74, 6) is -0.362. The first kappa shape index (κ1) is 26.3. The zero-order valence-electron chi connectivity index (χ0n) is 22.2. The number of aromatic amines is 1. The minimum atomic E-state index is -0.525. The number of carbonyl (C=O) groups excluding carboxylic acids is 1. The summed E-state index contributed by atoms with van der Waals surface area (Å²) >= 11 is 6.48. The number of benzene rings is 1. The average molecular weight is 565 g/mol. The van der Waals surface area contributed by atoms with Gasteiger partial charge in [-0.15, -0.1) is 0 Å². The van der Waals surface area contributed by atoms with Gasteiger partial charge in [0.2, 0.25) is 11.8 Å². The molecule has 3 aliphatic rings. The highest BCUT2D eigenvalue weighted by molar-refractivity contribution is 6.35. The Morgan fingerprint density at radius 2 is 2.25 bits per heavy atom. The highest BCUT2D eigenvalue weighted by atomic mass is 35.5. The third-order valence-electron chi connectivity index (χ3n) is 8.16. The van der Waals surface area contributed by atoms with Gasteiger partial charge in [-0.1, -0.05) is 18.2 Å². The summed E-state index contributed by atoms with van der Waals surface area (Å²) in [5.41, 5.74) is 3.83. The molecule has 0 bridgehead atoms. The molecule has 0 saturated carbocycles. The fourth-order valence-electron chi connectivity index (χ4n) is 5.89. The highest BCUT2D eigenvalue weighted by Crippen LogP contribution is 2.41. The summed E-state index contributed by atoms with van der Waals surface area (Å²) in [4.78, 5) is 22.8. The second kappa shape index (κ2) is 10.6. The number of aromatic nitrogens is 3. The molecule has 5 heterocycles. The summed E-state index contributed by atoms with van der Waals surface area (Å²) in [6, 6.07) is 3.90. The number of nitrogens with zero attached hydrogens (tertiary/aromatic N) is 6. The van der Waals surface area contributed by atoms with Gasteiger partial charge < -0.3 is 24.8 Å². The van der Waals surface area contributed by atoms with E-state index in [1.54, 1.807) is 11.1 Å². The number of nitrogens with one attached hydrogen (secondary N) is 2. The molecule has 10 nitrogen and oxygen atoms in total. The van der Waals surface area contributed by atoms with Gasteiger partial charge in [-0.2, -0.15) is 10.4 Å². The fraction of sp³-hybridized carbons (Fsp3) is 0.429. The Labute approximate surface area is 236 Å². The lowest BCUT2D eigenvalue weighted by molar-refractivity contribution is -0.129. The monoisotopic (exact) mass is 564 g/mol. The number of amides is 1. The summed E-state index contributed by atoms with van der Waals surface area (Å²) in [5, 5.41) is 21.4. The maximum Gasteiger partial charge on any atom is 0.246 e. The molecule has 0 radical (unpaired) electrons. The van der Waals surface area contributed by atoms with E-state index in [0.29, 0.717) is 61.7 Å². The molecule has 1 unspecified atom stereocenters. The molecule has 2 saturated heterocycles. The number of ether oxygens (including phenoxy) is 1. The molecular formula is C28H30ClFN8O2. The van der Waals surface area contributed by atoms with Gasteiger partial charge in [0.15, 0.2) is 0 Å². The lowest BCUT2D eigenvalue weighted by Gasteiger charge is -2.40. The van der Waals surface area contributed by atoms with Crippen molar-refractivity contribution in [2.45, 2.75) is 37.9 Å². The summed E-state index contributed by atoms with van der Waals surface area (Å²) in [7, 11) is 2.07. The first-order valence-corrected chi connectivity index (χ1v) is 13.8. The summed E-state index contributed by atoms with van der Waals surface area (Å²) < 4.78 is 20.9. The summed E-state index contributed by atoms with van der Waals surface area (Å²) in [6.45, 7) is 6.91. The number of H-pyrrole nitrogens is 1. The number of likely N-dealkylation sites (N-methyl/N-ethyl adjacent to an activating group) is 1. The van der Waals surface area contributed by atoms with Crippen LogP contribution in [0.5, 0.6) is 5.88 Å². The van der Waals surface area contributed by atoms with Crippen LogP contribution in [0.4, 0.5) is 15.8 Å². The van der Waals surface area contributed by atoms with Crippen LogP contribution in [0.1, 0.15) is 29.7 Å². The van der Waals surface area contributed by atoms with Crippen molar-refractivity contribution in [3.8, 4) is 11.9 Å². The molecule has 1 amide bonds. The Hall–Kier alpha value is -3.88. The second-order valence-corrected chi connectivity index (χ2v) is 11.0. The van der Waals surface area contributed by atoms with Crippen molar-refractivity contribution < 1.29 is 13.9 Å². The van der Waals surface area contributed by atoms with Crippen molar-refractivity contribution in [1.82, 2.24) is 25.0 Å². The Morgan fingerprint density at radius 3 is 2.98 bits per heavy atom. The van der Waals surface area contributed by atoms with Crippen LogP contribution in [-0.2, 0) is 17.8 Å².